The van der Waals surface area contributed by atoms with E-state index >= 15 is 0 Å². The predicted octanol–water partition coefficient (Wildman–Crippen LogP) is 0.187. The van der Waals surface area contributed by atoms with Gasteiger partial charge in [-0.2, -0.15) is 0 Å². The summed E-state index contributed by atoms with van der Waals surface area (Å²) >= 11 is 5.88. The van der Waals surface area contributed by atoms with Crippen molar-refractivity contribution in [3.8, 4) is 0 Å². The van der Waals surface area contributed by atoms with Gasteiger partial charge in [-0.3, -0.25) is 9.59 Å². The van der Waals surface area contributed by atoms with E-state index in [0.29, 0.717) is 31.0 Å². The van der Waals surface area contributed by atoms with Gasteiger partial charge in [-0.25, -0.2) is 9.97 Å². The van der Waals surface area contributed by atoms with Crippen LogP contribution in [-0.4, -0.2) is 41.8 Å². The van der Waals surface area contributed by atoms with Crippen LogP contribution in [0.2, 0.25) is 5.15 Å². The summed E-state index contributed by atoms with van der Waals surface area (Å²) in [6.07, 6.45) is 0.615. The molecule has 0 atom stereocenters. The molecule has 0 saturated carbocycles. The van der Waals surface area contributed by atoms with Gasteiger partial charge in [-0.15, -0.1) is 0 Å². The maximum absolute atomic E-state index is 11.3. The molecule has 0 unspecified atom stereocenters. The van der Waals surface area contributed by atoms with Gasteiger partial charge in [-0.05, 0) is 6.92 Å². The highest BCUT2D eigenvalue weighted by Crippen LogP contribution is 2.22. The highest BCUT2D eigenvalue weighted by Gasteiger charge is 2.22. The number of piperazine rings is 1. The monoisotopic (exact) mass is 254 g/mol. The van der Waals surface area contributed by atoms with Crippen molar-refractivity contribution in [1.82, 2.24) is 15.3 Å². The smallest absolute Gasteiger partial charge is 0.239 e. The molecular weight excluding hydrogens is 244 g/mol. The molecule has 7 heteroatoms. The van der Waals surface area contributed by atoms with Crippen molar-refractivity contribution in [2.24, 2.45) is 0 Å². The Kier molecular flexibility index (Phi) is 3.23. The standard InChI is InChI=1S/C10H11ClN4O2/c1-6-13-9(11)7(5-16)10(14-6)15-3-2-12-8(17)4-15/h5H,2-4H2,1H3,(H,12,17). The third kappa shape index (κ3) is 2.36. The average Bonchev–Trinajstić information content (AvgIpc) is 2.28. The minimum atomic E-state index is -0.0968. The number of rotatable bonds is 2. The van der Waals surface area contributed by atoms with E-state index in [9.17, 15) is 9.59 Å². The van der Waals surface area contributed by atoms with Crippen molar-refractivity contribution in [3.63, 3.8) is 0 Å². The molecule has 0 bridgehead atoms. The maximum Gasteiger partial charge on any atom is 0.239 e. The number of hydrogen-bond acceptors (Lipinski definition) is 5. The van der Waals surface area contributed by atoms with E-state index in [-0.39, 0.29) is 23.2 Å². The quantitative estimate of drug-likeness (QED) is 0.602. The number of carbonyl (C=O) groups excluding carboxylic acids is 2. The fraction of sp³-hybridized carbons (Fsp3) is 0.400. The van der Waals surface area contributed by atoms with Crippen LogP contribution in [0.1, 0.15) is 16.2 Å². The Morgan fingerprint density at radius 3 is 2.88 bits per heavy atom. The SMILES string of the molecule is Cc1nc(Cl)c(C=O)c(N2CCNC(=O)C2)n1. The fourth-order valence-electron chi connectivity index (χ4n) is 1.69. The van der Waals surface area contributed by atoms with Crippen molar-refractivity contribution < 1.29 is 9.59 Å². The lowest BCUT2D eigenvalue weighted by Gasteiger charge is -2.28. The number of nitrogens with zero attached hydrogens (tertiary/aromatic N) is 3. The lowest BCUT2D eigenvalue weighted by Crippen LogP contribution is -2.48. The topological polar surface area (TPSA) is 75.2 Å². The Morgan fingerprint density at radius 1 is 1.47 bits per heavy atom. The van der Waals surface area contributed by atoms with Crippen molar-refractivity contribution in [1.29, 1.82) is 0 Å². The van der Waals surface area contributed by atoms with E-state index in [1.54, 1.807) is 11.8 Å². The van der Waals surface area contributed by atoms with Gasteiger partial charge in [0.05, 0.1) is 12.1 Å². The number of amides is 1. The van der Waals surface area contributed by atoms with Crippen LogP contribution >= 0.6 is 11.6 Å². The first-order chi connectivity index (χ1) is 8.11. The molecule has 1 aromatic heterocycles. The molecule has 1 amide bonds. The third-order valence-electron chi connectivity index (χ3n) is 2.45. The van der Waals surface area contributed by atoms with Crippen LogP contribution in [0.3, 0.4) is 0 Å². The van der Waals surface area contributed by atoms with Gasteiger partial charge in [0.25, 0.3) is 0 Å². The maximum atomic E-state index is 11.3. The molecule has 0 aromatic carbocycles. The highest BCUT2D eigenvalue weighted by molar-refractivity contribution is 6.32. The van der Waals surface area contributed by atoms with Crippen molar-refractivity contribution >= 4 is 29.6 Å². The number of halogens is 1. The summed E-state index contributed by atoms with van der Waals surface area (Å²) in [6, 6.07) is 0. The zero-order chi connectivity index (χ0) is 12.4. The molecule has 1 saturated heterocycles. The fourth-order valence-corrected chi connectivity index (χ4v) is 1.95. The number of aromatic nitrogens is 2. The summed E-state index contributed by atoms with van der Waals surface area (Å²) in [5, 5.41) is 2.82. The average molecular weight is 255 g/mol. The number of carbonyl (C=O) groups is 2. The summed E-state index contributed by atoms with van der Waals surface area (Å²) in [5.74, 6) is 0.800. The first-order valence-corrected chi connectivity index (χ1v) is 5.50. The van der Waals surface area contributed by atoms with Crippen LogP contribution in [0.15, 0.2) is 0 Å². The first kappa shape index (κ1) is 11.8. The Bertz CT molecular complexity index is 478. The molecule has 1 fully saturated rings. The number of aldehydes is 1. The van der Waals surface area contributed by atoms with E-state index in [4.69, 9.17) is 11.6 Å². The Morgan fingerprint density at radius 2 is 2.24 bits per heavy atom. The molecule has 1 aliphatic heterocycles. The van der Waals surface area contributed by atoms with Crippen LogP contribution in [0.4, 0.5) is 5.82 Å². The van der Waals surface area contributed by atoms with Crippen LogP contribution in [-0.2, 0) is 4.79 Å². The van der Waals surface area contributed by atoms with E-state index < -0.39 is 0 Å². The summed E-state index contributed by atoms with van der Waals surface area (Å²) in [6.45, 7) is 2.98. The number of nitrogens with one attached hydrogen (secondary N) is 1. The van der Waals surface area contributed by atoms with Crippen LogP contribution in [0, 0.1) is 6.92 Å². The van der Waals surface area contributed by atoms with Gasteiger partial charge in [0.2, 0.25) is 5.91 Å². The van der Waals surface area contributed by atoms with Gasteiger partial charge in [0.1, 0.15) is 16.8 Å². The van der Waals surface area contributed by atoms with Crippen LogP contribution in [0.5, 0.6) is 0 Å². The van der Waals surface area contributed by atoms with E-state index in [2.05, 4.69) is 15.3 Å². The molecule has 2 heterocycles. The van der Waals surface area contributed by atoms with E-state index in [1.807, 2.05) is 0 Å². The molecule has 2 rings (SSSR count). The molecule has 17 heavy (non-hydrogen) atoms. The molecule has 6 nitrogen and oxygen atoms in total. The molecule has 1 aromatic rings. The van der Waals surface area contributed by atoms with Crippen LogP contribution < -0.4 is 10.2 Å². The lowest BCUT2D eigenvalue weighted by atomic mass is 10.2. The van der Waals surface area contributed by atoms with E-state index in [0.717, 1.165) is 0 Å². The second-order valence-corrected chi connectivity index (χ2v) is 4.05. The van der Waals surface area contributed by atoms with Gasteiger partial charge in [0, 0.05) is 13.1 Å². The normalized spacial score (nSPS) is 15.6. The first-order valence-electron chi connectivity index (χ1n) is 5.13. The van der Waals surface area contributed by atoms with Gasteiger partial charge in [-0.1, -0.05) is 11.6 Å². The molecule has 0 aliphatic carbocycles. The second kappa shape index (κ2) is 4.67. The summed E-state index contributed by atoms with van der Waals surface area (Å²) < 4.78 is 0. The Balaban J connectivity index is 2.42. The van der Waals surface area contributed by atoms with Crippen LogP contribution in [0.25, 0.3) is 0 Å². The van der Waals surface area contributed by atoms with Gasteiger partial charge in [0.15, 0.2) is 6.29 Å². The molecular formula is C10H11ClN4O2. The van der Waals surface area contributed by atoms with Crippen molar-refractivity contribution in [2.75, 3.05) is 24.5 Å². The Hall–Kier alpha value is -1.69. The molecule has 90 valence electrons. The van der Waals surface area contributed by atoms with Gasteiger partial charge < -0.3 is 10.2 Å². The largest absolute Gasteiger partial charge is 0.353 e. The van der Waals surface area contributed by atoms with Crippen molar-refractivity contribution in [3.05, 3.63) is 16.5 Å². The minimum Gasteiger partial charge on any atom is -0.353 e. The molecule has 0 radical (unpaired) electrons. The predicted molar refractivity (Wildman–Crippen MR) is 62.4 cm³/mol. The van der Waals surface area contributed by atoms with E-state index in [1.165, 1.54) is 0 Å². The minimum absolute atomic E-state index is 0.0968. The number of hydrogen-bond donors (Lipinski definition) is 1. The van der Waals surface area contributed by atoms with Gasteiger partial charge >= 0.3 is 0 Å². The number of aryl methyl sites for hydroxylation is 1. The highest BCUT2D eigenvalue weighted by atomic mass is 35.5. The lowest BCUT2D eigenvalue weighted by molar-refractivity contribution is -0.120. The summed E-state index contributed by atoms with van der Waals surface area (Å²) in [4.78, 5) is 32.1. The zero-order valence-corrected chi connectivity index (χ0v) is 9.99. The molecule has 0 spiro atoms. The third-order valence-corrected chi connectivity index (χ3v) is 2.73. The zero-order valence-electron chi connectivity index (χ0n) is 9.23. The number of anilines is 1. The summed E-state index contributed by atoms with van der Waals surface area (Å²) in [5.41, 5.74) is 0.229. The Labute approximate surface area is 103 Å². The molecule has 1 N–H and O–H groups in total. The summed E-state index contributed by atoms with van der Waals surface area (Å²) in [7, 11) is 0. The second-order valence-electron chi connectivity index (χ2n) is 3.69. The van der Waals surface area contributed by atoms with Crippen molar-refractivity contribution in [2.45, 2.75) is 6.92 Å². The molecule has 1 aliphatic rings.